The maximum absolute atomic E-state index is 13.9. The molecule has 10 heteroatoms. The first-order valence-electron chi connectivity index (χ1n) is 12.4. The maximum atomic E-state index is 13.9. The van der Waals surface area contributed by atoms with Gasteiger partial charge in [0.05, 0.1) is 17.5 Å². The minimum atomic E-state index is -2.73. The predicted molar refractivity (Wildman–Crippen MR) is 134 cm³/mol. The number of ketones is 4. The molecule has 2 aromatic rings. The van der Waals surface area contributed by atoms with Gasteiger partial charge in [0.25, 0.3) is 0 Å². The third-order valence-electron chi connectivity index (χ3n) is 8.34. The first-order chi connectivity index (χ1) is 17.8. The van der Waals surface area contributed by atoms with Crippen LogP contribution in [0.2, 0.25) is 0 Å². The summed E-state index contributed by atoms with van der Waals surface area (Å²) in [7, 11) is 3.11. The minimum Gasteiger partial charge on any atom is -0.507 e. The number of Topliss-reactive ketones (excluding diaryl/α,β-unsaturated/α-hetero) is 4. The highest BCUT2D eigenvalue weighted by Crippen LogP contribution is 2.51. The molecule has 5 rings (SSSR count). The monoisotopic (exact) mass is 519 g/mol. The van der Waals surface area contributed by atoms with Crippen molar-refractivity contribution in [3.63, 3.8) is 0 Å². The van der Waals surface area contributed by atoms with Crippen LogP contribution in [-0.4, -0.2) is 74.9 Å². The second kappa shape index (κ2) is 8.64. The van der Waals surface area contributed by atoms with E-state index in [1.54, 1.807) is 20.2 Å². The molecule has 6 unspecified atom stereocenters. The van der Waals surface area contributed by atoms with Crippen LogP contribution < -0.4 is 5.73 Å². The molecule has 0 saturated heterocycles. The number of rotatable bonds is 3. The highest BCUT2D eigenvalue weighted by atomic mass is 16.3. The van der Waals surface area contributed by atoms with E-state index in [0.29, 0.717) is 11.1 Å². The number of pyridine rings is 1. The highest BCUT2D eigenvalue weighted by molar-refractivity contribution is 6.32. The Balaban J connectivity index is 1.67. The number of likely N-dealkylation sites (N-methyl/N-ethyl adjacent to an activating group) is 1. The summed E-state index contributed by atoms with van der Waals surface area (Å²) in [5.41, 5.74) is 6.20. The van der Waals surface area contributed by atoms with Crippen molar-refractivity contribution < 1.29 is 34.2 Å². The lowest BCUT2D eigenvalue weighted by atomic mass is 9.52. The molecule has 6 atom stereocenters. The van der Waals surface area contributed by atoms with Gasteiger partial charge in [0.2, 0.25) is 5.91 Å². The smallest absolute Gasteiger partial charge is 0.235 e. The molecule has 2 fully saturated rings. The lowest BCUT2D eigenvalue weighted by Gasteiger charge is -2.52. The standard InChI is InChI=1S/C28H29N3O7/c1-11-7-13(8-12(2)30-11)15-5-6-18(32)20-16(15)9-14-10-17-22(31(3)4)24(34)21(27(29)37)26(36)28(17,38)25(35)19(14)23(20)33/h5-8,14,17,19,21-22,32,38H,9-10H2,1-4H3,(H2,29,37). The molecule has 38 heavy (non-hydrogen) atoms. The van der Waals surface area contributed by atoms with Crippen LogP contribution in [0, 0.1) is 37.5 Å². The Morgan fingerprint density at radius 2 is 1.71 bits per heavy atom. The number of hydrogen-bond donors (Lipinski definition) is 3. The molecular formula is C28H29N3O7. The van der Waals surface area contributed by atoms with E-state index in [2.05, 4.69) is 4.98 Å². The van der Waals surface area contributed by atoms with Gasteiger partial charge < -0.3 is 15.9 Å². The largest absolute Gasteiger partial charge is 0.507 e. The van der Waals surface area contributed by atoms with E-state index in [0.717, 1.165) is 17.0 Å². The molecule has 0 aliphatic heterocycles. The third kappa shape index (κ3) is 3.47. The van der Waals surface area contributed by atoms with Crippen LogP contribution in [0.25, 0.3) is 11.1 Å². The predicted octanol–water partition coefficient (Wildman–Crippen LogP) is 0.546. The van der Waals surface area contributed by atoms with Crippen LogP contribution in [0.3, 0.4) is 0 Å². The van der Waals surface area contributed by atoms with E-state index in [-0.39, 0.29) is 24.2 Å². The van der Waals surface area contributed by atoms with Crippen LogP contribution in [0.15, 0.2) is 24.3 Å². The Kier molecular flexibility index (Phi) is 5.88. The van der Waals surface area contributed by atoms with Crippen molar-refractivity contribution in [3.8, 4) is 16.9 Å². The number of phenolic OH excluding ortho intramolecular Hbond substituents is 1. The quantitative estimate of drug-likeness (QED) is 0.490. The Labute approximate surface area is 218 Å². The molecule has 0 radical (unpaired) electrons. The van der Waals surface area contributed by atoms with Gasteiger partial charge in [-0.15, -0.1) is 0 Å². The third-order valence-corrected chi connectivity index (χ3v) is 8.34. The number of aromatic hydroxyl groups is 1. The number of amides is 1. The van der Waals surface area contributed by atoms with Gasteiger partial charge in [0, 0.05) is 17.3 Å². The lowest BCUT2D eigenvalue weighted by molar-refractivity contribution is -0.181. The molecule has 0 spiro atoms. The number of nitrogens with two attached hydrogens (primary N) is 1. The van der Waals surface area contributed by atoms with Crippen molar-refractivity contribution >= 4 is 29.0 Å². The Morgan fingerprint density at radius 1 is 1.08 bits per heavy atom. The Bertz CT molecular complexity index is 1430. The van der Waals surface area contributed by atoms with Gasteiger partial charge in [-0.1, -0.05) is 6.07 Å². The highest BCUT2D eigenvalue weighted by Gasteiger charge is 2.69. The summed E-state index contributed by atoms with van der Waals surface area (Å²) in [5, 5.41) is 22.4. The van der Waals surface area contributed by atoms with Gasteiger partial charge in [-0.2, -0.15) is 0 Å². The van der Waals surface area contributed by atoms with Crippen LogP contribution >= 0.6 is 0 Å². The average Bonchev–Trinajstić information content (AvgIpc) is 2.80. The Morgan fingerprint density at radius 3 is 2.29 bits per heavy atom. The van der Waals surface area contributed by atoms with Gasteiger partial charge in [-0.25, -0.2) is 0 Å². The number of aliphatic hydroxyl groups is 1. The molecule has 1 amide bonds. The summed E-state index contributed by atoms with van der Waals surface area (Å²) >= 11 is 0. The van der Waals surface area contributed by atoms with Crippen LogP contribution in [0.1, 0.15) is 33.7 Å². The molecular weight excluding hydrogens is 490 g/mol. The number of aryl methyl sites for hydroxylation is 2. The molecule has 0 bridgehead atoms. The van der Waals surface area contributed by atoms with E-state index in [1.807, 2.05) is 26.0 Å². The summed E-state index contributed by atoms with van der Waals surface area (Å²) < 4.78 is 0. The summed E-state index contributed by atoms with van der Waals surface area (Å²) in [6.45, 7) is 3.70. The van der Waals surface area contributed by atoms with Crippen LogP contribution in [-0.2, 0) is 25.6 Å². The second-order valence-electron chi connectivity index (χ2n) is 10.9. The zero-order valence-electron chi connectivity index (χ0n) is 21.5. The molecule has 3 aliphatic rings. The van der Waals surface area contributed by atoms with Crippen LogP contribution in [0.4, 0.5) is 0 Å². The second-order valence-corrected chi connectivity index (χ2v) is 10.9. The number of carbonyl (C=O) groups excluding carboxylic acids is 5. The SMILES string of the molecule is Cc1cc(-c2ccc(O)c3c2CC2CC4C(N(C)C)C(=O)C(C(N)=O)C(=O)C4(O)C(=O)C2C3=O)cc(C)n1. The fourth-order valence-electron chi connectivity index (χ4n) is 6.87. The molecule has 198 valence electrons. The first-order valence-corrected chi connectivity index (χ1v) is 12.4. The van der Waals surface area contributed by atoms with E-state index < -0.39 is 64.4 Å². The first kappa shape index (κ1) is 25.9. The number of phenols is 1. The number of carbonyl (C=O) groups is 5. The van der Waals surface area contributed by atoms with Gasteiger partial charge in [-0.3, -0.25) is 33.9 Å². The van der Waals surface area contributed by atoms with E-state index in [1.165, 1.54) is 11.0 Å². The fourth-order valence-corrected chi connectivity index (χ4v) is 6.87. The normalized spacial score (nSPS) is 30.6. The van der Waals surface area contributed by atoms with E-state index in [4.69, 9.17) is 5.73 Å². The number of hydrogen-bond acceptors (Lipinski definition) is 9. The summed E-state index contributed by atoms with van der Waals surface area (Å²) in [5.74, 6) is -10.6. The Hall–Kier alpha value is -3.76. The number of fused-ring (bicyclic) bond motifs is 3. The molecule has 1 heterocycles. The van der Waals surface area contributed by atoms with Gasteiger partial charge in [0.1, 0.15) is 5.75 Å². The fraction of sp³-hybridized carbons (Fsp3) is 0.429. The summed E-state index contributed by atoms with van der Waals surface area (Å²) in [6.07, 6.45) is 0.212. The van der Waals surface area contributed by atoms with Crippen molar-refractivity contribution in [1.82, 2.24) is 9.88 Å². The van der Waals surface area contributed by atoms with Crippen LogP contribution in [0.5, 0.6) is 5.75 Å². The number of aromatic nitrogens is 1. The number of benzene rings is 1. The van der Waals surface area contributed by atoms with Crippen molar-refractivity contribution in [2.75, 3.05) is 14.1 Å². The number of primary amides is 1. The van der Waals surface area contributed by atoms with E-state index >= 15 is 0 Å². The summed E-state index contributed by atoms with van der Waals surface area (Å²) in [6, 6.07) is 5.70. The van der Waals surface area contributed by atoms with Crippen molar-refractivity contribution in [2.45, 2.75) is 38.3 Å². The summed E-state index contributed by atoms with van der Waals surface area (Å²) in [4.78, 5) is 72.2. The topological polar surface area (TPSA) is 168 Å². The van der Waals surface area contributed by atoms with Crippen molar-refractivity contribution in [3.05, 3.63) is 46.8 Å². The average molecular weight is 520 g/mol. The van der Waals surface area contributed by atoms with Crippen molar-refractivity contribution in [2.24, 2.45) is 29.4 Å². The molecule has 10 nitrogen and oxygen atoms in total. The molecule has 1 aromatic carbocycles. The molecule has 4 N–H and O–H groups in total. The van der Waals surface area contributed by atoms with E-state index in [9.17, 15) is 34.2 Å². The zero-order chi connectivity index (χ0) is 27.8. The molecule has 1 aromatic heterocycles. The zero-order valence-corrected chi connectivity index (χ0v) is 21.5. The lowest BCUT2D eigenvalue weighted by Crippen LogP contribution is -2.74. The van der Waals surface area contributed by atoms with Gasteiger partial charge in [0.15, 0.2) is 34.7 Å². The molecule has 3 aliphatic carbocycles. The van der Waals surface area contributed by atoms with Gasteiger partial charge in [-0.05, 0) is 81.6 Å². The molecule has 2 saturated carbocycles. The minimum absolute atomic E-state index is 0.00733. The number of nitrogens with zero attached hydrogens (tertiary/aromatic N) is 2. The maximum Gasteiger partial charge on any atom is 0.235 e. The van der Waals surface area contributed by atoms with Gasteiger partial charge >= 0.3 is 0 Å². The van der Waals surface area contributed by atoms with Crippen molar-refractivity contribution in [1.29, 1.82) is 0 Å².